The van der Waals surface area contributed by atoms with Gasteiger partial charge in [-0.25, -0.2) is 4.79 Å². The minimum Gasteiger partial charge on any atom is -0.477 e. The molecule has 0 spiro atoms. The molecule has 1 fully saturated rings. The Balaban J connectivity index is 1.79. The Morgan fingerprint density at radius 2 is 2.35 bits per heavy atom. The Morgan fingerprint density at radius 3 is 2.95 bits per heavy atom. The molecule has 3 rings (SSSR count). The molecule has 1 aromatic rings. The first-order valence-electron chi connectivity index (χ1n) is 5.88. The van der Waals surface area contributed by atoms with E-state index in [-0.39, 0.29) is 17.0 Å². The van der Waals surface area contributed by atoms with Gasteiger partial charge in [0.2, 0.25) is 5.91 Å². The number of carboxylic acid groups (broad SMARTS) is 1. The fourth-order valence-corrected chi connectivity index (χ4v) is 5.29. The van der Waals surface area contributed by atoms with E-state index in [1.54, 1.807) is 11.8 Å². The lowest BCUT2D eigenvalue weighted by Crippen LogP contribution is -2.54. The van der Waals surface area contributed by atoms with Crippen molar-refractivity contribution in [3.05, 3.63) is 16.3 Å². The number of hydrogen-bond acceptors (Lipinski definition) is 7. The molecule has 9 heteroatoms. The number of fused-ring (bicyclic) bond motifs is 1. The average Bonchev–Trinajstić information content (AvgIpc) is 2.80. The van der Waals surface area contributed by atoms with Crippen LogP contribution in [-0.4, -0.2) is 49.0 Å². The summed E-state index contributed by atoms with van der Waals surface area (Å²) in [7, 11) is 0. The first-order chi connectivity index (χ1) is 9.56. The van der Waals surface area contributed by atoms with Crippen molar-refractivity contribution in [2.75, 3.05) is 11.5 Å². The van der Waals surface area contributed by atoms with E-state index in [9.17, 15) is 14.7 Å². The van der Waals surface area contributed by atoms with Crippen molar-refractivity contribution in [3.8, 4) is 0 Å². The van der Waals surface area contributed by atoms with E-state index in [2.05, 4.69) is 10.2 Å². The van der Waals surface area contributed by atoms with Gasteiger partial charge in [0.1, 0.15) is 10.7 Å². The zero-order chi connectivity index (χ0) is 14.3. The largest absolute Gasteiger partial charge is 0.477 e. The number of aryl methyl sites for hydroxylation is 1. The lowest BCUT2D eigenvalue weighted by molar-refractivity contribution is -0.146. The maximum atomic E-state index is 11.6. The number of rotatable bonds is 4. The number of aliphatic carboxylic acids is 1. The third-order valence-electron chi connectivity index (χ3n) is 3.01. The minimum absolute atomic E-state index is 0.00567. The number of amides is 1. The Bertz CT molecular complexity index is 613. The number of carboxylic acids is 1. The van der Waals surface area contributed by atoms with Crippen molar-refractivity contribution in [1.82, 2.24) is 15.1 Å². The molecule has 0 unspecified atom stereocenters. The first-order valence-corrected chi connectivity index (χ1v) is 8.73. The zero-order valence-electron chi connectivity index (χ0n) is 10.5. The summed E-state index contributed by atoms with van der Waals surface area (Å²) in [6, 6.07) is 0. The monoisotopic (exact) mass is 329 g/mol. The van der Waals surface area contributed by atoms with E-state index in [0.29, 0.717) is 17.9 Å². The number of nitrogens with zero attached hydrogens (tertiary/aromatic N) is 3. The fraction of sp³-hybridized carbons (Fsp3) is 0.455. The fourth-order valence-electron chi connectivity index (χ4n) is 2.07. The van der Waals surface area contributed by atoms with Crippen LogP contribution in [0.3, 0.4) is 0 Å². The SMILES string of the molecule is Cc1nnc(SCC2=C(C(=O)O)N3C(=O)C[C@@H]3SC2)s1. The maximum Gasteiger partial charge on any atom is 0.352 e. The molecule has 3 heterocycles. The van der Waals surface area contributed by atoms with Crippen LogP contribution in [0.4, 0.5) is 0 Å². The quantitative estimate of drug-likeness (QED) is 0.663. The van der Waals surface area contributed by atoms with E-state index in [1.807, 2.05) is 6.92 Å². The number of aromatic nitrogens is 2. The third-order valence-corrected chi connectivity index (χ3v) is 6.35. The van der Waals surface area contributed by atoms with Gasteiger partial charge in [0, 0.05) is 11.5 Å². The molecule has 1 saturated heterocycles. The van der Waals surface area contributed by atoms with Crippen LogP contribution in [0, 0.1) is 6.92 Å². The topological polar surface area (TPSA) is 83.4 Å². The van der Waals surface area contributed by atoms with Gasteiger partial charge in [-0.1, -0.05) is 23.1 Å². The molecule has 0 aromatic carbocycles. The first kappa shape index (κ1) is 13.9. The van der Waals surface area contributed by atoms with Gasteiger partial charge in [0.15, 0.2) is 4.34 Å². The van der Waals surface area contributed by atoms with Crippen molar-refractivity contribution in [2.24, 2.45) is 0 Å². The van der Waals surface area contributed by atoms with Gasteiger partial charge in [-0.15, -0.1) is 22.0 Å². The highest BCUT2D eigenvalue weighted by atomic mass is 32.2. The molecular weight excluding hydrogens is 318 g/mol. The summed E-state index contributed by atoms with van der Waals surface area (Å²) in [5.74, 6) is 0.0573. The third kappa shape index (κ3) is 2.45. The van der Waals surface area contributed by atoms with E-state index in [1.165, 1.54) is 28.0 Å². The molecule has 1 aromatic heterocycles. The number of hydrogen-bond donors (Lipinski definition) is 1. The molecule has 0 saturated carbocycles. The number of thioether (sulfide) groups is 2. The van der Waals surface area contributed by atoms with Gasteiger partial charge in [0.25, 0.3) is 0 Å². The highest BCUT2D eigenvalue weighted by molar-refractivity contribution is 8.01. The maximum absolute atomic E-state index is 11.6. The molecule has 0 bridgehead atoms. The lowest BCUT2D eigenvalue weighted by Gasteiger charge is -2.43. The summed E-state index contributed by atoms with van der Waals surface area (Å²) in [6.07, 6.45) is 0.442. The van der Waals surface area contributed by atoms with E-state index < -0.39 is 5.97 Å². The zero-order valence-corrected chi connectivity index (χ0v) is 13.0. The molecular formula is C11H11N3O3S3. The van der Waals surface area contributed by atoms with Gasteiger partial charge >= 0.3 is 5.97 Å². The summed E-state index contributed by atoms with van der Waals surface area (Å²) in [6.45, 7) is 1.88. The van der Waals surface area contributed by atoms with E-state index in [4.69, 9.17) is 0 Å². The van der Waals surface area contributed by atoms with Crippen LogP contribution in [-0.2, 0) is 9.59 Å². The Hall–Kier alpha value is -1.06. The van der Waals surface area contributed by atoms with Gasteiger partial charge in [-0.3, -0.25) is 9.69 Å². The number of β-lactam (4-membered cyclic amide) rings is 1. The lowest BCUT2D eigenvalue weighted by atomic mass is 10.1. The van der Waals surface area contributed by atoms with Crippen molar-refractivity contribution < 1.29 is 14.7 Å². The molecule has 1 amide bonds. The molecule has 2 aliphatic heterocycles. The Morgan fingerprint density at radius 1 is 1.55 bits per heavy atom. The van der Waals surface area contributed by atoms with Crippen LogP contribution >= 0.6 is 34.9 Å². The second kappa shape index (κ2) is 5.38. The molecule has 1 N–H and O–H groups in total. The van der Waals surface area contributed by atoms with Crippen LogP contribution in [0.2, 0.25) is 0 Å². The van der Waals surface area contributed by atoms with Crippen LogP contribution < -0.4 is 0 Å². The van der Waals surface area contributed by atoms with Crippen LogP contribution in [0.25, 0.3) is 0 Å². The van der Waals surface area contributed by atoms with Crippen LogP contribution in [0.1, 0.15) is 11.4 Å². The molecule has 20 heavy (non-hydrogen) atoms. The highest BCUT2D eigenvalue weighted by Gasteiger charge is 2.45. The normalized spacial score (nSPS) is 21.8. The molecule has 1 atom stereocenters. The summed E-state index contributed by atoms with van der Waals surface area (Å²) >= 11 is 4.58. The van der Waals surface area contributed by atoms with Crippen LogP contribution in [0.5, 0.6) is 0 Å². The summed E-state index contributed by atoms with van der Waals surface area (Å²) in [5, 5.41) is 18.2. The Labute approximate surface area is 127 Å². The van der Waals surface area contributed by atoms with Crippen LogP contribution in [0.15, 0.2) is 15.6 Å². The van der Waals surface area contributed by atoms with E-state index >= 15 is 0 Å². The summed E-state index contributed by atoms with van der Waals surface area (Å²) < 4.78 is 0.821. The van der Waals surface area contributed by atoms with Gasteiger partial charge < -0.3 is 5.11 Å². The van der Waals surface area contributed by atoms with Crippen molar-refractivity contribution in [3.63, 3.8) is 0 Å². The van der Waals surface area contributed by atoms with Crippen molar-refractivity contribution in [2.45, 2.75) is 23.1 Å². The standard InChI is InChI=1S/C11H11N3O3S3/c1-5-12-13-11(20-5)19-4-6-3-18-8-2-7(15)14(8)9(6)10(16)17/h8H,2-4H2,1H3,(H,16,17)/t8-/m0/s1. The van der Waals surface area contributed by atoms with Crippen molar-refractivity contribution in [1.29, 1.82) is 0 Å². The second-order valence-corrected chi connectivity index (χ2v) is 7.94. The molecule has 6 nitrogen and oxygen atoms in total. The van der Waals surface area contributed by atoms with Gasteiger partial charge in [-0.2, -0.15) is 0 Å². The van der Waals surface area contributed by atoms with Gasteiger partial charge in [-0.05, 0) is 12.5 Å². The summed E-state index contributed by atoms with van der Waals surface area (Å²) in [4.78, 5) is 24.4. The highest BCUT2D eigenvalue weighted by Crippen LogP contribution is 2.41. The van der Waals surface area contributed by atoms with E-state index in [0.717, 1.165) is 14.9 Å². The summed E-state index contributed by atoms with van der Waals surface area (Å²) in [5.41, 5.74) is 0.948. The minimum atomic E-state index is -1.02. The molecule has 0 radical (unpaired) electrons. The second-order valence-electron chi connectivity index (χ2n) is 4.37. The number of carbonyl (C=O) groups excluding carboxylic acids is 1. The van der Waals surface area contributed by atoms with Gasteiger partial charge in [0.05, 0.1) is 11.8 Å². The predicted molar refractivity (Wildman–Crippen MR) is 77.7 cm³/mol. The Kier molecular flexibility index (Phi) is 3.74. The molecule has 106 valence electrons. The van der Waals surface area contributed by atoms with Crippen molar-refractivity contribution >= 4 is 46.7 Å². The molecule has 0 aliphatic carbocycles. The average molecular weight is 329 g/mol. The molecule has 2 aliphatic rings. The smallest absolute Gasteiger partial charge is 0.352 e. The number of carbonyl (C=O) groups is 2. The predicted octanol–water partition coefficient (Wildman–Crippen LogP) is 1.58.